The molecule has 0 spiro atoms. The van der Waals surface area contributed by atoms with E-state index in [1.165, 1.54) is 18.4 Å². The smallest absolute Gasteiger partial charge is 0.338 e. The first kappa shape index (κ1) is 18.1. The number of fused-ring (bicyclic) bond motifs is 1. The van der Waals surface area contributed by atoms with E-state index in [-0.39, 0.29) is 5.56 Å². The second-order valence-corrected chi connectivity index (χ2v) is 7.40. The van der Waals surface area contributed by atoms with Crippen LogP contribution in [0, 0.1) is 0 Å². The molecule has 2 heterocycles. The van der Waals surface area contributed by atoms with Crippen LogP contribution in [0.25, 0.3) is 6.08 Å². The molecular formula is C22H18N2O3S. The van der Waals surface area contributed by atoms with Gasteiger partial charge in [0.15, 0.2) is 4.80 Å². The third kappa shape index (κ3) is 3.12. The van der Waals surface area contributed by atoms with Gasteiger partial charge in [-0.1, -0.05) is 72.0 Å². The van der Waals surface area contributed by atoms with Crippen molar-refractivity contribution >= 4 is 23.4 Å². The van der Waals surface area contributed by atoms with Gasteiger partial charge in [0.05, 0.1) is 29.0 Å². The fourth-order valence-corrected chi connectivity index (χ4v) is 4.39. The third-order valence-corrected chi connectivity index (χ3v) is 5.62. The lowest BCUT2D eigenvalue weighted by Gasteiger charge is -2.24. The van der Waals surface area contributed by atoms with Gasteiger partial charge >= 0.3 is 5.97 Å². The number of ether oxygens (including phenoxy) is 1. The Balaban J connectivity index is 1.99. The van der Waals surface area contributed by atoms with Crippen molar-refractivity contribution in [2.24, 2.45) is 4.99 Å². The molecule has 0 N–H and O–H groups in total. The van der Waals surface area contributed by atoms with Crippen LogP contribution in [-0.2, 0) is 9.53 Å². The molecule has 0 saturated carbocycles. The molecule has 0 aliphatic carbocycles. The number of carbonyl (C=O) groups excluding carboxylic acids is 1. The fourth-order valence-electron chi connectivity index (χ4n) is 3.34. The lowest BCUT2D eigenvalue weighted by Crippen LogP contribution is -2.39. The topological polar surface area (TPSA) is 60.7 Å². The summed E-state index contributed by atoms with van der Waals surface area (Å²) in [5.41, 5.74) is 2.55. The Bertz CT molecular complexity index is 1240. The summed E-state index contributed by atoms with van der Waals surface area (Å²) in [7, 11) is 1.34. The van der Waals surface area contributed by atoms with E-state index in [2.05, 4.69) is 4.99 Å². The van der Waals surface area contributed by atoms with E-state index in [4.69, 9.17) is 4.74 Å². The maximum absolute atomic E-state index is 13.3. The zero-order chi connectivity index (χ0) is 19.7. The van der Waals surface area contributed by atoms with Gasteiger partial charge in [0.25, 0.3) is 5.56 Å². The highest BCUT2D eigenvalue weighted by Gasteiger charge is 2.32. The Morgan fingerprint density at radius 1 is 1.11 bits per heavy atom. The lowest BCUT2D eigenvalue weighted by atomic mass is 9.96. The zero-order valence-corrected chi connectivity index (χ0v) is 16.3. The average Bonchev–Trinajstić information content (AvgIpc) is 3.02. The van der Waals surface area contributed by atoms with Crippen molar-refractivity contribution in [2.75, 3.05) is 7.11 Å². The Kier molecular flexibility index (Phi) is 4.79. The maximum atomic E-state index is 13.3. The molecule has 28 heavy (non-hydrogen) atoms. The molecule has 6 heteroatoms. The van der Waals surface area contributed by atoms with Crippen LogP contribution in [0.4, 0.5) is 0 Å². The predicted molar refractivity (Wildman–Crippen MR) is 109 cm³/mol. The number of hydrogen-bond acceptors (Lipinski definition) is 5. The standard InChI is InChI=1S/C22H18N2O3S/c1-14-18(21(26)27-2)19(16-11-7-4-8-12-16)24-20(25)17(28-22(24)23-14)13-15-9-5-3-6-10-15/h3-13,19H,1-2H3/t19-/m0/s1. The molecule has 1 aromatic heterocycles. The number of carbonyl (C=O) groups is 1. The molecule has 3 aromatic rings. The highest BCUT2D eigenvalue weighted by atomic mass is 32.1. The molecule has 0 amide bonds. The molecule has 0 radical (unpaired) electrons. The summed E-state index contributed by atoms with van der Waals surface area (Å²) < 4.78 is 7.16. The number of allylic oxidation sites excluding steroid dienone is 1. The van der Waals surface area contributed by atoms with E-state index in [0.717, 1.165) is 11.1 Å². The number of methoxy groups -OCH3 is 1. The van der Waals surface area contributed by atoms with Gasteiger partial charge in [-0.15, -0.1) is 0 Å². The maximum Gasteiger partial charge on any atom is 0.338 e. The first-order chi connectivity index (χ1) is 13.6. The molecule has 1 aliphatic heterocycles. The largest absolute Gasteiger partial charge is 0.466 e. The van der Waals surface area contributed by atoms with Crippen LogP contribution in [0.3, 0.4) is 0 Å². The highest BCUT2D eigenvalue weighted by Crippen LogP contribution is 2.30. The summed E-state index contributed by atoms with van der Waals surface area (Å²) in [5, 5.41) is 0. The number of benzene rings is 2. The van der Waals surface area contributed by atoms with Gasteiger partial charge in [0.2, 0.25) is 0 Å². The summed E-state index contributed by atoms with van der Waals surface area (Å²) in [6.07, 6.45) is 1.85. The SMILES string of the molecule is COC(=O)C1=C(C)N=c2sc(=Cc3ccccc3)c(=O)n2[C@H]1c1ccccc1. The number of rotatable bonds is 3. The molecule has 1 atom stereocenters. The third-order valence-electron chi connectivity index (χ3n) is 4.64. The molecule has 4 rings (SSSR count). The first-order valence-corrected chi connectivity index (χ1v) is 9.62. The molecule has 5 nitrogen and oxygen atoms in total. The monoisotopic (exact) mass is 390 g/mol. The van der Waals surface area contributed by atoms with Crippen LogP contribution >= 0.6 is 11.3 Å². The van der Waals surface area contributed by atoms with E-state index in [1.54, 1.807) is 11.5 Å². The van der Waals surface area contributed by atoms with Crippen LogP contribution in [0.15, 0.2) is 81.7 Å². The zero-order valence-electron chi connectivity index (χ0n) is 15.5. The molecule has 2 aromatic carbocycles. The number of hydrogen-bond donors (Lipinski definition) is 0. The molecule has 0 saturated heterocycles. The molecule has 140 valence electrons. The van der Waals surface area contributed by atoms with Crippen LogP contribution in [-0.4, -0.2) is 17.6 Å². The van der Waals surface area contributed by atoms with Gasteiger partial charge in [-0.25, -0.2) is 9.79 Å². The minimum atomic E-state index is -0.567. The average molecular weight is 390 g/mol. The minimum Gasteiger partial charge on any atom is -0.466 e. The second kappa shape index (κ2) is 7.40. The van der Waals surface area contributed by atoms with Crippen molar-refractivity contribution in [1.82, 2.24) is 4.57 Å². The quantitative estimate of drug-likeness (QED) is 0.646. The van der Waals surface area contributed by atoms with Crippen LogP contribution < -0.4 is 14.9 Å². The predicted octanol–water partition coefficient (Wildman–Crippen LogP) is 2.41. The van der Waals surface area contributed by atoms with E-state index < -0.39 is 12.0 Å². The van der Waals surface area contributed by atoms with E-state index in [9.17, 15) is 9.59 Å². The Morgan fingerprint density at radius 3 is 2.39 bits per heavy atom. The molecule has 0 unspecified atom stereocenters. The van der Waals surface area contributed by atoms with Crippen molar-refractivity contribution < 1.29 is 9.53 Å². The van der Waals surface area contributed by atoms with Gasteiger partial charge < -0.3 is 4.74 Å². The summed E-state index contributed by atoms with van der Waals surface area (Å²) in [6, 6.07) is 18.6. The minimum absolute atomic E-state index is 0.171. The Hall–Kier alpha value is -3.25. The molecule has 0 bridgehead atoms. The highest BCUT2D eigenvalue weighted by molar-refractivity contribution is 7.07. The summed E-state index contributed by atoms with van der Waals surface area (Å²) in [5.74, 6) is -0.479. The Morgan fingerprint density at radius 2 is 1.75 bits per heavy atom. The lowest BCUT2D eigenvalue weighted by molar-refractivity contribution is -0.136. The molecular weight excluding hydrogens is 372 g/mol. The summed E-state index contributed by atoms with van der Waals surface area (Å²) in [6.45, 7) is 1.77. The normalized spacial score (nSPS) is 16.5. The number of aromatic nitrogens is 1. The second-order valence-electron chi connectivity index (χ2n) is 6.39. The summed E-state index contributed by atoms with van der Waals surface area (Å²) >= 11 is 1.32. The van der Waals surface area contributed by atoms with E-state index in [0.29, 0.717) is 20.6 Å². The van der Waals surface area contributed by atoms with Gasteiger partial charge in [0, 0.05) is 0 Å². The van der Waals surface area contributed by atoms with Gasteiger partial charge in [-0.2, -0.15) is 0 Å². The number of nitrogens with zero attached hydrogens (tertiary/aromatic N) is 2. The van der Waals surface area contributed by atoms with Crippen molar-refractivity contribution in [3.63, 3.8) is 0 Å². The van der Waals surface area contributed by atoms with Crippen molar-refractivity contribution in [3.05, 3.63) is 103 Å². The van der Waals surface area contributed by atoms with Crippen LogP contribution in [0.5, 0.6) is 0 Å². The fraction of sp³-hybridized carbons (Fsp3) is 0.136. The first-order valence-electron chi connectivity index (χ1n) is 8.81. The van der Waals surface area contributed by atoms with Crippen molar-refractivity contribution in [3.8, 4) is 0 Å². The summed E-state index contributed by atoms with van der Waals surface area (Å²) in [4.78, 5) is 30.9. The van der Waals surface area contributed by atoms with Gasteiger partial charge in [-0.05, 0) is 24.1 Å². The molecule has 0 fully saturated rings. The Labute approximate surface area is 165 Å². The number of thiazole rings is 1. The van der Waals surface area contributed by atoms with Gasteiger partial charge in [-0.3, -0.25) is 9.36 Å². The van der Waals surface area contributed by atoms with Crippen molar-refractivity contribution in [2.45, 2.75) is 13.0 Å². The van der Waals surface area contributed by atoms with Crippen molar-refractivity contribution in [1.29, 1.82) is 0 Å². The number of esters is 1. The van der Waals surface area contributed by atoms with Gasteiger partial charge in [0.1, 0.15) is 0 Å². The molecule has 1 aliphatic rings. The van der Waals surface area contributed by atoms with E-state index in [1.807, 2.05) is 66.7 Å². The van der Waals surface area contributed by atoms with Crippen LogP contribution in [0.2, 0.25) is 0 Å². The van der Waals surface area contributed by atoms with Crippen LogP contribution in [0.1, 0.15) is 24.1 Å². The van der Waals surface area contributed by atoms with E-state index >= 15 is 0 Å².